The van der Waals surface area contributed by atoms with E-state index in [0.29, 0.717) is 13.2 Å². The Morgan fingerprint density at radius 2 is 1.93 bits per heavy atom. The van der Waals surface area contributed by atoms with E-state index in [1.54, 1.807) is 14.0 Å². The summed E-state index contributed by atoms with van der Waals surface area (Å²) in [6, 6.07) is 0. The fourth-order valence-corrected chi connectivity index (χ4v) is 0.744. The second kappa shape index (κ2) is 14.7. The van der Waals surface area contributed by atoms with Crippen LogP contribution in [0.3, 0.4) is 0 Å². The van der Waals surface area contributed by atoms with Crippen molar-refractivity contribution in [2.24, 2.45) is 0 Å². The van der Waals surface area contributed by atoms with Crippen molar-refractivity contribution in [1.82, 2.24) is 5.32 Å². The maximum atomic E-state index is 10.7. The zero-order valence-corrected chi connectivity index (χ0v) is 9.76. The van der Waals surface area contributed by atoms with Crippen molar-refractivity contribution in [1.29, 1.82) is 0 Å². The fraction of sp³-hybridized carbons (Fsp3) is 0.900. The molecule has 1 amide bonds. The fourth-order valence-electron chi connectivity index (χ4n) is 0.744. The Labute approximate surface area is 87.0 Å². The molecule has 0 fully saturated rings. The Hall–Kier alpha value is -0.770. The average molecular weight is 205 g/mol. The Morgan fingerprint density at radius 3 is 2.43 bits per heavy atom. The van der Waals surface area contributed by atoms with Crippen molar-refractivity contribution >= 4 is 6.09 Å². The summed E-state index contributed by atoms with van der Waals surface area (Å²) in [6.45, 7) is 7.60. The number of hydrogen-bond acceptors (Lipinski definition) is 3. The lowest BCUT2D eigenvalue weighted by molar-refractivity contribution is 0.151. The Kier molecular flexibility index (Phi) is 16.5. The topological polar surface area (TPSA) is 47.6 Å². The van der Waals surface area contributed by atoms with E-state index in [2.05, 4.69) is 10.1 Å². The molecule has 1 N–H and O–H groups in total. The van der Waals surface area contributed by atoms with Crippen LogP contribution in [0.25, 0.3) is 0 Å². The molecule has 0 aromatic rings. The van der Waals surface area contributed by atoms with Gasteiger partial charge in [0.25, 0.3) is 0 Å². The highest BCUT2D eigenvalue weighted by atomic mass is 16.5. The van der Waals surface area contributed by atoms with E-state index in [-0.39, 0.29) is 6.09 Å². The summed E-state index contributed by atoms with van der Waals surface area (Å²) in [5, 5.41) is 2.63. The van der Waals surface area contributed by atoms with Crippen LogP contribution in [0, 0.1) is 0 Å². The lowest BCUT2D eigenvalue weighted by Crippen LogP contribution is -2.25. The molecule has 0 heterocycles. The van der Waals surface area contributed by atoms with Crippen LogP contribution in [0.5, 0.6) is 0 Å². The number of nitrogens with one attached hydrogen (secondary N) is 1. The van der Waals surface area contributed by atoms with Gasteiger partial charge in [0.05, 0.1) is 6.61 Å². The Balaban J connectivity index is 0. The molecule has 0 unspecified atom stereocenters. The number of carbonyl (C=O) groups excluding carboxylic acids is 1. The average Bonchev–Trinajstić information content (AvgIpc) is 2.21. The van der Waals surface area contributed by atoms with Crippen molar-refractivity contribution in [3.63, 3.8) is 0 Å². The zero-order valence-electron chi connectivity index (χ0n) is 9.76. The highest BCUT2D eigenvalue weighted by molar-refractivity contribution is 5.66. The first-order chi connectivity index (χ1) is 6.81. The third-order valence-corrected chi connectivity index (χ3v) is 1.32. The minimum absolute atomic E-state index is 0.338. The van der Waals surface area contributed by atoms with Crippen molar-refractivity contribution in [3.8, 4) is 0 Å². The molecule has 0 rings (SSSR count). The third kappa shape index (κ3) is 13.8. The number of alkyl carbamates (subject to hydrolysis) is 1. The van der Waals surface area contributed by atoms with E-state index in [1.807, 2.05) is 13.8 Å². The van der Waals surface area contributed by atoms with E-state index in [1.165, 1.54) is 0 Å². The SMILES string of the molecule is CC.CCOC(=O)NCCCCOC. The lowest BCUT2D eigenvalue weighted by atomic mass is 10.3. The van der Waals surface area contributed by atoms with Gasteiger partial charge in [-0.3, -0.25) is 0 Å². The van der Waals surface area contributed by atoms with E-state index < -0.39 is 0 Å². The van der Waals surface area contributed by atoms with E-state index in [0.717, 1.165) is 19.4 Å². The summed E-state index contributed by atoms with van der Waals surface area (Å²) in [6.07, 6.45) is 1.55. The molecule has 4 heteroatoms. The smallest absolute Gasteiger partial charge is 0.407 e. The molecule has 14 heavy (non-hydrogen) atoms. The van der Waals surface area contributed by atoms with Gasteiger partial charge in [-0.15, -0.1) is 0 Å². The number of rotatable bonds is 6. The van der Waals surface area contributed by atoms with Gasteiger partial charge >= 0.3 is 6.09 Å². The molecular weight excluding hydrogens is 182 g/mol. The number of carbonyl (C=O) groups is 1. The standard InChI is InChI=1S/C8H17NO3.C2H6/c1-3-12-8(10)9-6-4-5-7-11-2;1-2/h3-7H2,1-2H3,(H,9,10);1-2H3. The quantitative estimate of drug-likeness (QED) is 0.676. The van der Waals surface area contributed by atoms with Crippen molar-refractivity contribution in [3.05, 3.63) is 0 Å². The van der Waals surface area contributed by atoms with Crippen molar-refractivity contribution in [2.75, 3.05) is 26.9 Å². The minimum Gasteiger partial charge on any atom is -0.450 e. The molecule has 0 aliphatic heterocycles. The number of ether oxygens (including phenoxy) is 2. The van der Waals surface area contributed by atoms with Gasteiger partial charge in [-0.25, -0.2) is 4.79 Å². The molecule has 86 valence electrons. The number of hydrogen-bond donors (Lipinski definition) is 1. The molecular formula is C10H23NO3. The minimum atomic E-state index is -0.338. The van der Waals surface area contributed by atoms with E-state index >= 15 is 0 Å². The van der Waals surface area contributed by atoms with Crippen LogP contribution in [0.1, 0.15) is 33.6 Å². The first-order valence-corrected chi connectivity index (χ1v) is 5.20. The summed E-state index contributed by atoms with van der Waals surface area (Å²) in [5.74, 6) is 0. The summed E-state index contributed by atoms with van der Waals surface area (Å²) in [7, 11) is 1.67. The molecule has 0 radical (unpaired) electrons. The largest absolute Gasteiger partial charge is 0.450 e. The van der Waals surface area contributed by atoms with E-state index in [9.17, 15) is 4.79 Å². The van der Waals surface area contributed by atoms with Crippen LogP contribution in [0.15, 0.2) is 0 Å². The maximum Gasteiger partial charge on any atom is 0.407 e. The van der Waals surface area contributed by atoms with Crippen LogP contribution in [0.2, 0.25) is 0 Å². The van der Waals surface area contributed by atoms with Gasteiger partial charge in [0, 0.05) is 20.3 Å². The van der Waals surface area contributed by atoms with Crippen LogP contribution in [-0.2, 0) is 9.47 Å². The van der Waals surface area contributed by atoms with Crippen LogP contribution in [-0.4, -0.2) is 33.0 Å². The molecule has 0 saturated carbocycles. The molecule has 0 bridgehead atoms. The monoisotopic (exact) mass is 205 g/mol. The summed E-state index contributed by atoms with van der Waals surface area (Å²) < 4.78 is 9.52. The van der Waals surface area contributed by atoms with Crippen molar-refractivity contribution in [2.45, 2.75) is 33.6 Å². The molecule has 0 aliphatic carbocycles. The number of methoxy groups -OCH3 is 1. The number of unbranched alkanes of at least 4 members (excludes halogenated alkanes) is 1. The van der Waals surface area contributed by atoms with Crippen LogP contribution < -0.4 is 5.32 Å². The predicted molar refractivity (Wildman–Crippen MR) is 57.5 cm³/mol. The lowest BCUT2D eigenvalue weighted by Gasteiger charge is -2.03. The second-order valence-corrected chi connectivity index (χ2v) is 2.35. The van der Waals surface area contributed by atoms with Crippen LogP contribution >= 0.6 is 0 Å². The third-order valence-electron chi connectivity index (χ3n) is 1.32. The van der Waals surface area contributed by atoms with Gasteiger partial charge in [-0.2, -0.15) is 0 Å². The summed E-state index contributed by atoms with van der Waals surface area (Å²) in [4.78, 5) is 10.7. The molecule has 0 aliphatic rings. The van der Waals surface area contributed by atoms with Gasteiger partial charge in [-0.05, 0) is 19.8 Å². The highest BCUT2D eigenvalue weighted by Gasteiger charge is 1.97. The zero-order chi connectivity index (χ0) is 11.2. The summed E-state index contributed by atoms with van der Waals surface area (Å²) in [5.41, 5.74) is 0. The molecule has 0 aromatic carbocycles. The van der Waals surface area contributed by atoms with E-state index in [4.69, 9.17) is 4.74 Å². The molecule has 0 aromatic heterocycles. The Bertz CT molecular complexity index is 118. The Morgan fingerprint density at radius 1 is 1.29 bits per heavy atom. The van der Waals surface area contributed by atoms with Gasteiger partial charge in [-0.1, -0.05) is 13.8 Å². The predicted octanol–water partition coefficient (Wildman–Crippen LogP) is 2.19. The first kappa shape index (κ1) is 15.7. The molecule has 0 spiro atoms. The van der Waals surface area contributed by atoms with Crippen LogP contribution in [0.4, 0.5) is 4.79 Å². The second-order valence-electron chi connectivity index (χ2n) is 2.35. The van der Waals surface area contributed by atoms with Gasteiger partial charge in [0.15, 0.2) is 0 Å². The molecule has 0 saturated heterocycles. The van der Waals surface area contributed by atoms with Gasteiger partial charge in [0.1, 0.15) is 0 Å². The van der Waals surface area contributed by atoms with Gasteiger partial charge in [0.2, 0.25) is 0 Å². The first-order valence-electron chi connectivity index (χ1n) is 5.20. The molecule has 4 nitrogen and oxygen atoms in total. The normalized spacial score (nSPS) is 8.57. The van der Waals surface area contributed by atoms with Crippen molar-refractivity contribution < 1.29 is 14.3 Å². The number of amides is 1. The highest BCUT2D eigenvalue weighted by Crippen LogP contribution is 1.87. The summed E-state index contributed by atoms with van der Waals surface area (Å²) >= 11 is 0. The van der Waals surface area contributed by atoms with Gasteiger partial charge < -0.3 is 14.8 Å². The maximum absolute atomic E-state index is 10.7. The molecule has 0 atom stereocenters.